The van der Waals surface area contributed by atoms with Crippen molar-refractivity contribution in [2.24, 2.45) is 7.05 Å². The molecule has 15 heteroatoms. The first kappa shape index (κ1) is 28.3. The molecule has 3 rings (SSSR count). The number of ether oxygens (including phenoxy) is 2. The Kier molecular flexibility index (Phi) is 8.15. The molecule has 200 valence electrons. The average molecular weight is 563 g/mol. The van der Waals surface area contributed by atoms with Crippen LogP contribution < -0.4 is 4.74 Å². The molecule has 0 spiro atoms. The van der Waals surface area contributed by atoms with Crippen LogP contribution in [-0.2, 0) is 34.8 Å². The van der Waals surface area contributed by atoms with E-state index in [-0.39, 0.29) is 39.6 Å². The van der Waals surface area contributed by atoms with Gasteiger partial charge in [0.1, 0.15) is 17.7 Å². The van der Waals surface area contributed by atoms with Crippen LogP contribution in [0.4, 0.5) is 13.2 Å². The van der Waals surface area contributed by atoms with E-state index in [1.807, 2.05) is 0 Å². The molecule has 0 radical (unpaired) electrons. The summed E-state index contributed by atoms with van der Waals surface area (Å²) in [6.45, 7) is 1.04. The van der Waals surface area contributed by atoms with E-state index in [0.29, 0.717) is 5.69 Å². The van der Waals surface area contributed by atoms with Crippen molar-refractivity contribution in [1.29, 1.82) is 0 Å². The van der Waals surface area contributed by atoms with Gasteiger partial charge in [-0.2, -0.15) is 23.4 Å². The number of aromatic nitrogens is 4. The van der Waals surface area contributed by atoms with E-state index in [1.165, 1.54) is 15.6 Å². The Hall–Kier alpha value is -3.23. The summed E-state index contributed by atoms with van der Waals surface area (Å²) in [5.41, 5.74) is -0.181. The van der Waals surface area contributed by atoms with E-state index >= 15 is 0 Å². The molecule has 0 saturated carbocycles. The monoisotopic (exact) mass is 562 g/mol. The summed E-state index contributed by atoms with van der Waals surface area (Å²) >= 11 is 6.34. The minimum Gasteiger partial charge on any atom is -0.403 e. The van der Waals surface area contributed by atoms with E-state index in [9.17, 15) is 31.2 Å². The third kappa shape index (κ3) is 6.37. The molecule has 1 aromatic carbocycles. The highest BCUT2D eigenvalue weighted by Gasteiger charge is 2.30. The Morgan fingerprint density at radius 1 is 1.16 bits per heavy atom. The SMILES string of the molecule is CCn1ncc(C(=O)c2ccc(S(C)(=O)=O)c(COCC(F)(F)F)c2Cl)c1OC(=O)c1cn(C)nc1C. The van der Waals surface area contributed by atoms with Crippen molar-refractivity contribution in [3.63, 3.8) is 0 Å². The maximum absolute atomic E-state index is 13.4. The van der Waals surface area contributed by atoms with Crippen molar-refractivity contribution >= 4 is 33.2 Å². The number of halogens is 4. The summed E-state index contributed by atoms with van der Waals surface area (Å²) in [6, 6.07) is 2.17. The number of esters is 1. The van der Waals surface area contributed by atoms with Gasteiger partial charge in [-0.1, -0.05) is 11.6 Å². The molecule has 0 amide bonds. The van der Waals surface area contributed by atoms with E-state index in [1.54, 1.807) is 20.9 Å². The Morgan fingerprint density at radius 3 is 2.38 bits per heavy atom. The van der Waals surface area contributed by atoms with E-state index in [4.69, 9.17) is 16.3 Å². The lowest BCUT2D eigenvalue weighted by atomic mass is 10.0. The molecule has 0 aliphatic carbocycles. The van der Waals surface area contributed by atoms with E-state index < -0.39 is 46.0 Å². The molecule has 2 aromatic heterocycles. The fourth-order valence-corrected chi connectivity index (χ4v) is 4.77. The Balaban J connectivity index is 2.03. The number of rotatable bonds is 9. The van der Waals surface area contributed by atoms with Crippen LogP contribution in [0.3, 0.4) is 0 Å². The van der Waals surface area contributed by atoms with Gasteiger partial charge in [0, 0.05) is 37.2 Å². The number of nitrogens with zero attached hydrogens (tertiary/aromatic N) is 4. The van der Waals surface area contributed by atoms with E-state index in [2.05, 4.69) is 14.9 Å². The zero-order chi connectivity index (χ0) is 27.7. The Morgan fingerprint density at radius 2 is 1.84 bits per heavy atom. The number of carbonyl (C=O) groups is 2. The van der Waals surface area contributed by atoms with Gasteiger partial charge in [-0.25, -0.2) is 17.9 Å². The van der Waals surface area contributed by atoms with Crippen LogP contribution in [-0.4, -0.2) is 58.8 Å². The summed E-state index contributed by atoms with van der Waals surface area (Å²) in [6.07, 6.45) is -1.23. The second-order valence-electron chi connectivity index (χ2n) is 7.98. The van der Waals surface area contributed by atoms with E-state index in [0.717, 1.165) is 24.6 Å². The molecule has 0 bridgehead atoms. The highest BCUT2D eigenvalue weighted by Crippen LogP contribution is 2.33. The maximum atomic E-state index is 13.4. The van der Waals surface area contributed by atoms with Gasteiger partial charge in [0.25, 0.3) is 0 Å². The zero-order valence-corrected chi connectivity index (χ0v) is 21.7. The number of ketones is 1. The summed E-state index contributed by atoms with van der Waals surface area (Å²) in [7, 11) is -2.32. The summed E-state index contributed by atoms with van der Waals surface area (Å²) < 4.78 is 74.9. The number of sulfone groups is 1. The molecule has 0 unspecified atom stereocenters. The van der Waals surface area contributed by atoms with Crippen LogP contribution in [0.15, 0.2) is 29.4 Å². The highest BCUT2D eigenvalue weighted by atomic mass is 35.5. The van der Waals surface area contributed by atoms with Crippen LogP contribution >= 0.6 is 11.6 Å². The number of hydrogen-bond acceptors (Lipinski definition) is 8. The van der Waals surface area contributed by atoms with Crippen molar-refractivity contribution in [2.45, 2.75) is 38.1 Å². The van der Waals surface area contributed by atoms with Crippen molar-refractivity contribution < 1.29 is 40.7 Å². The standard InChI is InChI=1S/C22H22ClF3N4O6S/c1-5-30-20(36-21(32)15-9-29(3)28-12(15)2)14(8-27-30)19(31)13-6-7-17(37(4,33)34)16(18(13)23)10-35-11-22(24,25)26/h6-9H,5,10-11H2,1-4H3. The first-order valence-electron chi connectivity index (χ1n) is 10.6. The van der Waals surface area contributed by atoms with Gasteiger partial charge in [0.05, 0.1) is 28.4 Å². The smallest absolute Gasteiger partial charge is 0.403 e. The third-order valence-electron chi connectivity index (χ3n) is 5.11. The number of aryl methyl sites for hydroxylation is 3. The van der Waals surface area contributed by atoms with Crippen molar-refractivity contribution in [2.75, 3.05) is 12.9 Å². The summed E-state index contributed by atoms with van der Waals surface area (Å²) in [5, 5.41) is 7.71. The molecule has 37 heavy (non-hydrogen) atoms. The predicted molar refractivity (Wildman–Crippen MR) is 125 cm³/mol. The predicted octanol–water partition coefficient (Wildman–Crippen LogP) is 3.53. The number of carbonyl (C=O) groups excluding carboxylic acids is 2. The fourth-order valence-electron chi connectivity index (χ4n) is 3.48. The van der Waals surface area contributed by atoms with Gasteiger partial charge in [-0.15, -0.1) is 0 Å². The molecule has 0 atom stereocenters. The van der Waals surface area contributed by atoms with Gasteiger partial charge in [-0.3, -0.25) is 9.48 Å². The Labute approximate surface area is 214 Å². The molecular formula is C22H22ClF3N4O6S. The average Bonchev–Trinajstić information content (AvgIpc) is 3.34. The summed E-state index contributed by atoms with van der Waals surface area (Å²) in [5.74, 6) is -1.79. The largest absolute Gasteiger partial charge is 0.411 e. The van der Waals surface area contributed by atoms with Gasteiger partial charge >= 0.3 is 12.1 Å². The van der Waals surface area contributed by atoms with Crippen molar-refractivity contribution in [1.82, 2.24) is 19.6 Å². The molecule has 0 aliphatic heterocycles. The first-order valence-corrected chi connectivity index (χ1v) is 12.9. The topological polar surface area (TPSA) is 122 Å². The fraction of sp³-hybridized carbons (Fsp3) is 0.364. The minimum absolute atomic E-state index is 0.157. The second-order valence-corrected chi connectivity index (χ2v) is 10.3. The Bertz CT molecular complexity index is 1460. The minimum atomic E-state index is -4.66. The van der Waals surface area contributed by atoms with Crippen LogP contribution in [0, 0.1) is 6.92 Å². The molecule has 0 saturated heterocycles. The first-order chi connectivity index (χ1) is 17.1. The molecule has 0 N–H and O–H groups in total. The second kappa shape index (κ2) is 10.6. The summed E-state index contributed by atoms with van der Waals surface area (Å²) in [4.78, 5) is 25.8. The number of benzene rings is 1. The van der Waals surface area contributed by atoms with Gasteiger partial charge < -0.3 is 9.47 Å². The molecule has 2 heterocycles. The number of hydrogen-bond donors (Lipinski definition) is 0. The van der Waals surface area contributed by atoms with Crippen LogP contribution in [0.1, 0.15) is 44.5 Å². The molecule has 0 aliphatic rings. The molecule has 10 nitrogen and oxygen atoms in total. The zero-order valence-electron chi connectivity index (χ0n) is 20.1. The lowest BCUT2D eigenvalue weighted by Gasteiger charge is -2.15. The van der Waals surface area contributed by atoms with Crippen LogP contribution in [0.2, 0.25) is 5.02 Å². The lowest BCUT2D eigenvalue weighted by Crippen LogP contribution is -2.18. The maximum Gasteiger partial charge on any atom is 0.411 e. The lowest BCUT2D eigenvalue weighted by molar-refractivity contribution is -0.176. The third-order valence-corrected chi connectivity index (χ3v) is 6.73. The number of alkyl halides is 3. The van der Waals surface area contributed by atoms with Crippen LogP contribution in [0.25, 0.3) is 0 Å². The van der Waals surface area contributed by atoms with Gasteiger partial charge in [-0.05, 0) is 26.0 Å². The van der Waals surface area contributed by atoms with Crippen molar-refractivity contribution in [3.8, 4) is 5.88 Å². The van der Waals surface area contributed by atoms with Gasteiger partial charge in [0.2, 0.25) is 11.7 Å². The molecular weight excluding hydrogens is 541 g/mol. The highest BCUT2D eigenvalue weighted by molar-refractivity contribution is 7.90. The molecule has 0 fully saturated rings. The van der Waals surface area contributed by atoms with Crippen molar-refractivity contribution in [3.05, 3.63) is 57.5 Å². The van der Waals surface area contributed by atoms with Gasteiger partial charge in [0.15, 0.2) is 9.84 Å². The normalized spacial score (nSPS) is 12.1. The van der Waals surface area contributed by atoms with Crippen LogP contribution in [0.5, 0.6) is 5.88 Å². The quantitative estimate of drug-likeness (QED) is 0.287. The molecule has 3 aromatic rings.